The molecular weight excluding hydrogens is 273 g/mol. The van der Waals surface area contributed by atoms with E-state index in [9.17, 15) is 12.8 Å². The van der Waals surface area contributed by atoms with Gasteiger partial charge in [0.25, 0.3) is 0 Å². The van der Waals surface area contributed by atoms with Gasteiger partial charge in [-0.1, -0.05) is 0 Å². The van der Waals surface area contributed by atoms with Crippen LogP contribution in [0.15, 0.2) is 46.0 Å². The smallest absolute Gasteiger partial charge is 0.207 e. The summed E-state index contributed by atoms with van der Waals surface area (Å²) in [5, 5.41) is 3.80. The van der Waals surface area contributed by atoms with Crippen LogP contribution in [0.3, 0.4) is 0 Å². The van der Waals surface area contributed by atoms with Crippen molar-refractivity contribution in [1.29, 1.82) is 0 Å². The van der Waals surface area contributed by atoms with Gasteiger partial charge in [0.15, 0.2) is 0 Å². The monoisotopic (exact) mass is 285 g/mol. The van der Waals surface area contributed by atoms with E-state index in [1.807, 2.05) is 16.8 Å². The van der Waals surface area contributed by atoms with Gasteiger partial charge >= 0.3 is 0 Å². The molecule has 0 radical (unpaired) electrons. The van der Waals surface area contributed by atoms with Gasteiger partial charge in [-0.25, -0.2) is 12.8 Å². The number of hydrogen-bond acceptors (Lipinski definition) is 3. The van der Waals surface area contributed by atoms with Gasteiger partial charge in [-0.05, 0) is 46.7 Å². The molecule has 1 aromatic carbocycles. The minimum Gasteiger partial charge on any atom is -0.207 e. The van der Waals surface area contributed by atoms with E-state index in [-0.39, 0.29) is 4.90 Å². The summed E-state index contributed by atoms with van der Waals surface area (Å²) in [6, 6.07) is 6.71. The highest BCUT2D eigenvalue weighted by molar-refractivity contribution is 7.89. The molecule has 0 N–H and O–H groups in total. The van der Waals surface area contributed by atoms with E-state index >= 15 is 0 Å². The molecule has 0 saturated carbocycles. The number of benzene rings is 1. The second-order valence-electron chi connectivity index (χ2n) is 3.85. The molecule has 1 heterocycles. The van der Waals surface area contributed by atoms with Crippen LogP contribution in [0, 0.1) is 5.82 Å². The maximum Gasteiger partial charge on any atom is 0.243 e. The maximum absolute atomic E-state index is 12.8. The van der Waals surface area contributed by atoms with Gasteiger partial charge in [0.1, 0.15) is 5.82 Å². The van der Waals surface area contributed by atoms with Crippen LogP contribution in [0.2, 0.25) is 0 Å². The van der Waals surface area contributed by atoms with Gasteiger partial charge in [0, 0.05) is 13.6 Å². The highest BCUT2D eigenvalue weighted by atomic mass is 32.2. The largest absolute Gasteiger partial charge is 0.243 e. The minimum atomic E-state index is -3.56. The average molecular weight is 285 g/mol. The zero-order valence-electron chi connectivity index (χ0n) is 9.71. The van der Waals surface area contributed by atoms with Crippen molar-refractivity contribution in [3.05, 3.63) is 52.5 Å². The van der Waals surface area contributed by atoms with E-state index < -0.39 is 15.8 Å². The van der Waals surface area contributed by atoms with E-state index in [1.165, 1.54) is 34.8 Å². The number of rotatable bonds is 4. The Kier molecular flexibility index (Phi) is 3.79. The number of hydrogen-bond donors (Lipinski definition) is 0. The zero-order valence-corrected chi connectivity index (χ0v) is 11.3. The molecule has 0 aliphatic heterocycles. The van der Waals surface area contributed by atoms with Crippen molar-refractivity contribution in [2.45, 2.75) is 11.4 Å². The van der Waals surface area contributed by atoms with E-state index in [4.69, 9.17) is 0 Å². The summed E-state index contributed by atoms with van der Waals surface area (Å²) in [4.78, 5) is 0.0987. The van der Waals surface area contributed by atoms with E-state index in [0.717, 1.165) is 17.7 Å². The summed E-state index contributed by atoms with van der Waals surface area (Å²) < 4.78 is 38.4. The van der Waals surface area contributed by atoms with Crippen molar-refractivity contribution in [1.82, 2.24) is 4.31 Å². The molecule has 0 aliphatic carbocycles. The lowest BCUT2D eigenvalue weighted by atomic mass is 10.3. The SMILES string of the molecule is CN(Cc1ccsc1)S(=O)(=O)c1ccc(F)cc1. The zero-order chi connectivity index (χ0) is 13.2. The first-order valence-corrected chi connectivity index (χ1v) is 7.61. The van der Waals surface area contributed by atoms with Crippen LogP contribution in [0.1, 0.15) is 5.56 Å². The first-order chi connectivity index (χ1) is 8.50. The Morgan fingerprint density at radius 2 is 1.89 bits per heavy atom. The fourth-order valence-corrected chi connectivity index (χ4v) is 3.33. The molecule has 96 valence electrons. The Labute approximate surface area is 110 Å². The third-order valence-corrected chi connectivity index (χ3v) is 5.06. The van der Waals surface area contributed by atoms with E-state index in [2.05, 4.69) is 0 Å². The molecular formula is C12H12FNO2S2. The standard InChI is InChI=1S/C12H12FNO2S2/c1-14(8-10-6-7-17-9-10)18(15,16)12-4-2-11(13)3-5-12/h2-7,9H,8H2,1H3. The van der Waals surface area contributed by atoms with Crippen molar-refractivity contribution in [3.63, 3.8) is 0 Å². The van der Waals surface area contributed by atoms with Crippen LogP contribution in [0.4, 0.5) is 4.39 Å². The lowest BCUT2D eigenvalue weighted by Gasteiger charge is -2.16. The van der Waals surface area contributed by atoms with Crippen LogP contribution >= 0.6 is 11.3 Å². The molecule has 0 bridgehead atoms. The average Bonchev–Trinajstić information content (AvgIpc) is 2.82. The van der Waals surface area contributed by atoms with Crippen molar-refractivity contribution in [3.8, 4) is 0 Å². The number of nitrogens with zero attached hydrogens (tertiary/aromatic N) is 1. The van der Waals surface area contributed by atoms with E-state index in [0.29, 0.717) is 6.54 Å². The fraction of sp³-hybridized carbons (Fsp3) is 0.167. The molecule has 2 aromatic rings. The molecule has 0 spiro atoms. The normalized spacial score (nSPS) is 11.9. The van der Waals surface area contributed by atoms with Gasteiger partial charge < -0.3 is 0 Å². The molecule has 0 saturated heterocycles. The summed E-state index contributed by atoms with van der Waals surface area (Å²) in [6.45, 7) is 0.309. The topological polar surface area (TPSA) is 37.4 Å². The minimum absolute atomic E-state index is 0.0987. The highest BCUT2D eigenvalue weighted by Gasteiger charge is 2.20. The van der Waals surface area contributed by atoms with Gasteiger partial charge in [-0.15, -0.1) is 0 Å². The maximum atomic E-state index is 12.8. The van der Waals surface area contributed by atoms with Crippen molar-refractivity contribution in [2.75, 3.05) is 7.05 Å². The quantitative estimate of drug-likeness (QED) is 0.866. The van der Waals surface area contributed by atoms with Gasteiger partial charge in [0.2, 0.25) is 10.0 Å². The molecule has 0 atom stereocenters. The Hall–Kier alpha value is -1.24. The summed E-state index contributed by atoms with van der Waals surface area (Å²) in [5.74, 6) is -0.450. The number of sulfonamides is 1. The fourth-order valence-electron chi connectivity index (χ4n) is 1.51. The Bertz CT molecular complexity index is 606. The number of halogens is 1. The summed E-state index contributed by atoms with van der Waals surface area (Å²) in [6.07, 6.45) is 0. The molecule has 0 aliphatic rings. The third kappa shape index (κ3) is 2.77. The Morgan fingerprint density at radius 3 is 2.44 bits per heavy atom. The summed E-state index contributed by atoms with van der Waals surface area (Å²) in [5.41, 5.74) is 0.938. The van der Waals surface area contributed by atoms with Crippen LogP contribution in [0.25, 0.3) is 0 Å². The Balaban J connectivity index is 2.22. The first-order valence-electron chi connectivity index (χ1n) is 5.23. The molecule has 6 heteroatoms. The highest BCUT2D eigenvalue weighted by Crippen LogP contribution is 2.18. The van der Waals surface area contributed by atoms with Crippen LogP contribution in [-0.4, -0.2) is 19.8 Å². The predicted molar refractivity (Wildman–Crippen MR) is 69.4 cm³/mol. The van der Waals surface area contributed by atoms with Gasteiger partial charge in [-0.3, -0.25) is 0 Å². The second-order valence-corrected chi connectivity index (χ2v) is 6.67. The molecule has 2 rings (SSSR count). The van der Waals surface area contributed by atoms with E-state index in [1.54, 1.807) is 0 Å². The van der Waals surface area contributed by atoms with Crippen molar-refractivity contribution >= 4 is 21.4 Å². The molecule has 18 heavy (non-hydrogen) atoms. The molecule has 0 amide bonds. The van der Waals surface area contributed by atoms with Crippen LogP contribution in [-0.2, 0) is 16.6 Å². The first kappa shape index (κ1) is 13.2. The van der Waals surface area contributed by atoms with Gasteiger partial charge in [0.05, 0.1) is 4.90 Å². The van der Waals surface area contributed by atoms with Crippen molar-refractivity contribution in [2.24, 2.45) is 0 Å². The number of thiophene rings is 1. The lowest BCUT2D eigenvalue weighted by molar-refractivity contribution is 0.467. The summed E-state index contributed by atoms with van der Waals surface area (Å²) >= 11 is 1.52. The molecule has 0 unspecified atom stereocenters. The molecule has 0 fully saturated rings. The predicted octanol–water partition coefficient (Wildman–Crippen LogP) is 2.71. The Morgan fingerprint density at radius 1 is 1.22 bits per heavy atom. The van der Waals surface area contributed by atoms with Crippen LogP contribution < -0.4 is 0 Å². The van der Waals surface area contributed by atoms with Crippen LogP contribution in [0.5, 0.6) is 0 Å². The van der Waals surface area contributed by atoms with Gasteiger partial charge in [-0.2, -0.15) is 15.6 Å². The third-order valence-electron chi connectivity index (χ3n) is 2.51. The molecule has 1 aromatic heterocycles. The summed E-state index contributed by atoms with van der Waals surface area (Å²) in [7, 11) is -2.05. The second kappa shape index (κ2) is 5.17. The molecule has 3 nitrogen and oxygen atoms in total. The van der Waals surface area contributed by atoms with Crippen molar-refractivity contribution < 1.29 is 12.8 Å². The lowest BCUT2D eigenvalue weighted by Crippen LogP contribution is -2.26.